The summed E-state index contributed by atoms with van der Waals surface area (Å²) in [6.45, 7) is 2.26. The number of carbonyl (C=O) groups is 1. The average molecular weight is 416 g/mol. The standard InChI is InChI=1S/C20H20N2O6S/c1-4-28-17-9-10-18(14-6-5-11-21-19(14)17)29(24,25)22-15-12-13(20(23)27-3)7-8-16(15)26-2/h5-12,22H,4H2,1-3H3. The molecule has 0 saturated heterocycles. The van der Waals surface area contributed by atoms with Gasteiger partial charge in [-0.2, -0.15) is 0 Å². The molecule has 3 rings (SSSR count). The van der Waals surface area contributed by atoms with Gasteiger partial charge in [0.15, 0.2) is 0 Å². The molecule has 3 aromatic rings. The van der Waals surface area contributed by atoms with Crippen molar-refractivity contribution in [1.29, 1.82) is 0 Å². The molecule has 0 spiro atoms. The number of nitrogens with zero attached hydrogens (tertiary/aromatic N) is 1. The van der Waals surface area contributed by atoms with Gasteiger partial charge in [-0.1, -0.05) is 0 Å². The van der Waals surface area contributed by atoms with E-state index in [0.717, 1.165) is 0 Å². The number of esters is 1. The second-order valence-electron chi connectivity index (χ2n) is 5.91. The lowest BCUT2D eigenvalue weighted by molar-refractivity contribution is 0.0600. The van der Waals surface area contributed by atoms with Crippen LogP contribution in [-0.2, 0) is 14.8 Å². The molecule has 29 heavy (non-hydrogen) atoms. The maximum absolute atomic E-state index is 13.2. The van der Waals surface area contributed by atoms with Crippen molar-refractivity contribution in [2.75, 3.05) is 25.5 Å². The van der Waals surface area contributed by atoms with Gasteiger partial charge >= 0.3 is 5.97 Å². The van der Waals surface area contributed by atoms with Crippen molar-refractivity contribution in [2.24, 2.45) is 0 Å². The predicted molar refractivity (Wildman–Crippen MR) is 108 cm³/mol. The summed E-state index contributed by atoms with van der Waals surface area (Å²) in [7, 11) is -1.38. The van der Waals surface area contributed by atoms with Gasteiger partial charge in [0.2, 0.25) is 0 Å². The molecule has 1 heterocycles. The Bertz CT molecular complexity index is 1160. The van der Waals surface area contributed by atoms with Crippen LogP contribution in [0.5, 0.6) is 11.5 Å². The van der Waals surface area contributed by atoms with Gasteiger partial charge in [-0.25, -0.2) is 13.2 Å². The summed E-state index contributed by atoms with van der Waals surface area (Å²) in [5.74, 6) is 0.158. The number of anilines is 1. The Balaban J connectivity index is 2.09. The van der Waals surface area contributed by atoms with Crippen molar-refractivity contribution in [3.8, 4) is 11.5 Å². The third-order valence-corrected chi connectivity index (χ3v) is 5.57. The lowest BCUT2D eigenvalue weighted by Gasteiger charge is -2.15. The van der Waals surface area contributed by atoms with E-state index in [0.29, 0.717) is 23.3 Å². The Morgan fingerprint density at radius 3 is 2.55 bits per heavy atom. The number of methoxy groups -OCH3 is 2. The highest BCUT2D eigenvalue weighted by Crippen LogP contribution is 2.33. The van der Waals surface area contributed by atoms with Crippen LogP contribution in [0.15, 0.2) is 53.6 Å². The highest BCUT2D eigenvalue weighted by atomic mass is 32.2. The van der Waals surface area contributed by atoms with Gasteiger partial charge in [0.1, 0.15) is 17.0 Å². The van der Waals surface area contributed by atoms with Crippen molar-refractivity contribution in [2.45, 2.75) is 11.8 Å². The number of nitrogens with one attached hydrogen (secondary N) is 1. The Hall–Kier alpha value is -3.33. The molecule has 0 fully saturated rings. The van der Waals surface area contributed by atoms with Crippen LogP contribution in [0.1, 0.15) is 17.3 Å². The first kappa shape index (κ1) is 20.4. The van der Waals surface area contributed by atoms with Crippen LogP contribution in [0.3, 0.4) is 0 Å². The molecular weight excluding hydrogens is 396 g/mol. The van der Waals surface area contributed by atoms with E-state index < -0.39 is 16.0 Å². The molecule has 152 valence electrons. The molecule has 0 aliphatic rings. The van der Waals surface area contributed by atoms with Crippen molar-refractivity contribution < 1.29 is 27.4 Å². The van der Waals surface area contributed by atoms with Gasteiger partial charge in [0, 0.05) is 11.6 Å². The highest BCUT2D eigenvalue weighted by molar-refractivity contribution is 7.93. The molecule has 0 bridgehead atoms. The molecule has 0 aliphatic heterocycles. The molecular formula is C20H20N2O6S. The van der Waals surface area contributed by atoms with E-state index >= 15 is 0 Å². The number of hydrogen-bond donors (Lipinski definition) is 1. The van der Waals surface area contributed by atoms with Gasteiger partial charge in [-0.15, -0.1) is 0 Å². The number of rotatable bonds is 7. The third kappa shape index (κ3) is 4.09. The number of fused-ring (bicyclic) bond motifs is 1. The lowest BCUT2D eigenvalue weighted by atomic mass is 10.2. The largest absolute Gasteiger partial charge is 0.495 e. The van der Waals surface area contributed by atoms with Gasteiger partial charge in [0.25, 0.3) is 10.0 Å². The summed E-state index contributed by atoms with van der Waals surface area (Å²) in [5.41, 5.74) is 0.734. The summed E-state index contributed by atoms with van der Waals surface area (Å²) >= 11 is 0. The number of hydrogen-bond acceptors (Lipinski definition) is 7. The Morgan fingerprint density at radius 1 is 1.10 bits per heavy atom. The maximum atomic E-state index is 13.2. The fourth-order valence-electron chi connectivity index (χ4n) is 2.86. The minimum absolute atomic E-state index is 0.0228. The number of sulfonamides is 1. The van der Waals surface area contributed by atoms with Crippen LogP contribution < -0.4 is 14.2 Å². The van der Waals surface area contributed by atoms with Crippen molar-refractivity contribution >= 4 is 32.6 Å². The maximum Gasteiger partial charge on any atom is 0.337 e. The van der Waals surface area contributed by atoms with Crippen LogP contribution in [0.25, 0.3) is 10.9 Å². The quantitative estimate of drug-likeness (QED) is 0.590. The van der Waals surface area contributed by atoms with E-state index in [4.69, 9.17) is 14.2 Å². The molecule has 0 saturated carbocycles. The minimum Gasteiger partial charge on any atom is -0.495 e. The zero-order valence-electron chi connectivity index (χ0n) is 16.1. The zero-order chi connectivity index (χ0) is 21.0. The molecule has 0 aliphatic carbocycles. The number of benzene rings is 2. The fourth-order valence-corrected chi connectivity index (χ4v) is 4.12. The first-order chi connectivity index (χ1) is 13.9. The third-order valence-electron chi connectivity index (χ3n) is 4.15. The van der Waals surface area contributed by atoms with Crippen LogP contribution in [0.2, 0.25) is 0 Å². The molecule has 8 nitrogen and oxygen atoms in total. The van der Waals surface area contributed by atoms with Crippen LogP contribution in [-0.4, -0.2) is 40.2 Å². The van der Waals surface area contributed by atoms with E-state index in [-0.39, 0.29) is 21.9 Å². The number of aromatic nitrogens is 1. The Kier molecular flexibility index (Phi) is 5.88. The van der Waals surface area contributed by atoms with Gasteiger partial charge < -0.3 is 14.2 Å². The van der Waals surface area contributed by atoms with E-state index in [2.05, 4.69) is 9.71 Å². The molecule has 0 radical (unpaired) electrons. The predicted octanol–water partition coefficient (Wildman–Crippen LogP) is 3.23. The normalized spacial score (nSPS) is 11.1. The molecule has 1 aromatic heterocycles. The summed E-state index contributed by atoms with van der Waals surface area (Å²) < 4.78 is 44.3. The van der Waals surface area contributed by atoms with E-state index in [9.17, 15) is 13.2 Å². The van der Waals surface area contributed by atoms with Crippen molar-refractivity contribution in [3.63, 3.8) is 0 Å². The van der Waals surface area contributed by atoms with Crippen molar-refractivity contribution in [1.82, 2.24) is 4.98 Å². The van der Waals surface area contributed by atoms with Crippen LogP contribution in [0.4, 0.5) is 5.69 Å². The molecule has 2 aromatic carbocycles. The van der Waals surface area contributed by atoms with E-state index in [1.165, 1.54) is 38.5 Å². The first-order valence-electron chi connectivity index (χ1n) is 8.71. The number of carbonyl (C=O) groups excluding carboxylic acids is 1. The summed E-state index contributed by atoms with van der Waals surface area (Å²) in [6.07, 6.45) is 1.57. The smallest absolute Gasteiger partial charge is 0.337 e. The van der Waals surface area contributed by atoms with Gasteiger partial charge in [0.05, 0.1) is 37.0 Å². The van der Waals surface area contributed by atoms with Crippen LogP contribution >= 0.6 is 0 Å². The summed E-state index contributed by atoms with van der Waals surface area (Å²) in [5, 5.41) is 0.411. The van der Waals surface area contributed by atoms with Crippen molar-refractivity contribution in [3.05, 3.63) is 54.2 Å². The molecule has 1 N–H and O–H groups in total. The first-order valence-corrected chi connectivity index (χ1v) is 10.2. The molecule has 9 heteroatoms. The summed E-state index contributed by atoms with van der Waals surface area (Å²) in [4.78, 5) is 16.1. The van der Waals surface area contributed by atoms with Gasteiger partial charge in [-0.3, -0.25) is 9.71 Å². The minimum atomic E-state index is -4.03. The monoisotopic (exact) mass is 416 g/mol. The Labute approximate surface area is 168 Å². The lowest BCUT2D eigenvalue weighted by Crippen LogP contribution is -2.15. The van der Waals surface area contributed by atoms with E-state index in [1.54, 1.807) is 24.4 Å². The van der Waals surface area contributed by atoms with Crippen LogP contribution in [0, 0.1) is 0 Å². The second kappa shape index (κ2) is 8.36. The van der Waals surface area contributed by atoms with E-state index in [1.807, 2.05) is 6.92 Å². The molecule has 0 amide bonds. The average Bonchev–Trinajstić information content (AvgIpc) is 2.73. The fraction of sp³-hybridized carbons (Fsp3) is 0.200. The zero-order valence-corrected chi connectivity index (χ0v) is 16.9. The molecule has 0 atom stereocenters. The molecule has 0 unspecified atom stereocenters. The topological polar surface area (TPSA) is 104 Å². The second-order valence-corrected chi connectivity index (χ2v) is 7.56. The highest BCUT2D eigenvalue weighted by Gasteiger charge is 2.22. The van der Waals surface area contributed by atoms with Gasteiger partial charge in [-0.05, 0) is 49.4 Å². The summed E-state index contributed by atoms with van der Waals surface area (Å²) in [6, 6.07) is 10.7. The number of pyridine rings is 1. The Morgan fingerprint density at radius 2 is 1.86 bits per heavy atom. The number of ether oxygens (including phenoxy) is 3. The SMILES string of the molecule is CCOc1ccc(S(=O)(=O)Nc2cc(C(=O)OC)ccc2OC)c2cccnc12.